The van der Waals surface area contributed by atoms with Gasteiger partial charge in [0.25, 0.3) is 5.91 Å². The van der Waals surface area contributed by atoms with E-state index in [2.05, 4.69) is 29.4 Å². The van der Waals surface area contributed by atoms with Gasteiger partial charge in [0.1, 0.15) is 0 Å². The summed E-state index contributed by atoms with van der Waals surface area (Å²) in [6.07, 6.45) is 2.69. The molecule has 1 saturated carbocycles. The van der Waals surface area contributed by atoms with Gasteiger partial charge in [-0.05, 0) is 42.3 Å². The Labute approximate surface area is 128 Å². The molecule has 0 aliphatic heterocycles. The summed E-state index contributed by atoms with van der Waals surface area (Å²) >= 11 is 1.52. The van der Waals surface area contributed by atoms with Gasteiger partial charge in [0, 0.05) is 17.8 Å². The number of benzene rings is 1. The van der Waals surface area contributed by atoms with Crippen molar-refractivity contribution in [1.29, 1.82) is 0 Å². The van der Waals surface area contributed by atoms with E-state index < -0.39 is 0 Å². The topological polar surface area (TPSA) is 58.4 Å². The summed E-state index contributed by atoms with van der Waals surface area (Å²) in [7, 11) is 0. The van der Waals surface area contributed by atoms with Crippen molar-refractivity contribution >= 4 is 27.3 Å². The van der Waals surface area contributed by atoms with Crippen LogP contribution in [0.15, 0.2) is 24.3 Å². The van der Waals surface area contributed by atoms with E-state index in [4.69, 9.17) is 5.84 Å². The van der Waals surface area contributed by atoms with Crippen molar-refractivity contribution in [3.05, 3.63) is 34.7 Å². The number of nitrogens with two attached hydrogens (primary N) is 1. The Balaban J connectivity index is 1.95. The normalized spacial score (nSPS) is 14.8. The van der Waals surface area contributed by atoms with Gasteiger partial charge in [-0.3, -0.25) is 15.1 Å². The average molecular weight is 303 g/mol. The number of fused-ring (bicyclic) bond motifs is 1. The van der Waals surface area contributed by atoms with Crippen molar-refractivity contribution in [2.24, 2.45) is 11.8 Å². The van der Waals surface area contributed by atoms with Gasteiger partial charge in [0.05, 0.1) is 4.88 Å². The highest BCUT2D eigenvalue weighted by Gasteiger charge is 2.25. The molecular formula is C16H21N3OS. The first-order valence-electron chi connectivity index (χ1n) is 7.46. The van der Waals surface area contributed by atoms with Crippen LogP contribution in [0.3, 0.4) is 0 Å². The molecule has 5 heteroatoms. The fourth-order valence-electron chi connectivity index (χ4n) is 2.70. The highest BCUT2D eigenvalue weighted by Crippen LogP contribution is 2.34. The number of hydrogen-bond donors (Lipinski definition) is 2. The third kappa shape index (κ3) is 3.10. The minimum absolute atomic E-state index is 0.186. The number of thiophene rings is 1. The van der Waals surface area contributed by atoms with Gasteiger partial charge in [0.15, 0.2) is 0 Å². The Morgan fingerprint density at radius 3 is 2.86 bits per heavy atom. The van der Waals surface area contributed by atoms with Gasteiger partial charge in [0.2, 0.25) is 0 Å². The number of amides is 1. The van der Waals surface area contributed by atoms with E-state index in [0.29, 0.717) is 0 Å². The van der Waals surface area contributed by atoms with Crippen molar-refractivity contribution in [3.63, 3.8) is 0 Å². The molecule has 0 spiro atoms. The molecule has 2 aromatic rings. The molecule has 0 radical (unpaired) electrons. The maximum Gasteiger partial charge on any atom is 0.275 e. The van der Waals surface area contributed by atoms with Crippen LogP contribution in [0.25, 0.3) is 10.1 Å². The molecule has 1 amide bonds. The van der Waals surface area contributed by atoms with Crippen molar-refractivity contribution in [3.8, 4) is 0 Å². The largest absolute Gasteiger partial charge is 0.299 e. The van der Waals surface area contributed by atoms with E-state index in [-0.39, 0.29) is 5.91 Å². The van der Waals surface area contributed by atoms with E-state index in [1.165, 1.54) is 29.6 Å². The summed E-state index contributed by atoms with van der Waals surface area (Å²) in [5.74, 6) is 6.00. The van der Waals surface area contributed by atoms with E-state index in [9.17, 15) is 4.79 Å². The zero-order valence-electron chi connectivity index (χ0n) is 12.3. The first-order valence-corrected chi connectivity index (χ1v) is 8.28. The SMILES string of the molecule is CCN(Cc1c(C(=O)NN)sc2ccccc12)CC1CC1. The summed E-state index contributed by atoms with van der Waals surface area (Å²) in [6.45, 7) is 5.13. The van der Waals surface area contributed by atoms with Crippen LogP contribution in [-0.2, 0) is 6.54 Å². The van der Waals surface area contributed by atoms with Crippen LogP contribution >= 0.6 is 11.3 Å². The molecule has 1 heterocycles. The molecule has 1 aliphatic carbocycles. The van der Waals surface area contributed by atoms with Crippen LogP contribution in [0.1, 0.15) is 35.0 Å². The molecule has 112 valence electrons. The molecule has 21 heavy (non-hydrogen) atoms. The van der Waals surface area contributed by atoms with Crippen LogP contribution in [0, 0.1) is 5.92 Å². The highest BCUT2D eigenvalue weighted by molar-refractivity contribution is 7.21. The van der Waals surface area contributed by atoms with Gasteiger partial charge in [-0.2, -0.15) is 0 Å². The Morgan fingerprint density at radius 2 is 2.19 bits per heavy atom. The maximum atomic E-state index is 12.1. The quantitative estimate of drug-likeness (QED) is 0.490. The third-order valence-corrected chi connectivity index (χ3v) is 5.29. The minimum atomic E-state index is -0.186. The standard InChI is InChI=1S/C16H21N3OS/c1-2-19(9-11-7-8-11)10-13-12-5-3-4-6-14(12)21-15(13)16(20)18-17/h3-6,11H,2,7-10,17H2,1H3,(H,18,20). The maximum absolute atomic E-state index is 12.1. The monoisotopic (exact) mass is 303 g/mol. The predicted octanol–water partition coefficient (Wildman–Crippen LogP) is 2.74. The molecule has 0 atom stereocenters. The molecule has 0 unspecified atom stereocenters. The third-order valence-electron chi connectivity index (χ3n) is 4.08. The molecule has 0 bridgehead atoms. The number of carbonyl (C=O) groups is 1. The number of nitrogens with zero attached hydrogens (tertiary/aromatic N) is 1. The Hall–Kier alpha value is -1.43. The van der Waals surface area contributed by atoms with Crippen LogP contribution < -0.4 is 11.3 Å². The molecule has 1 aromatic heterocycles. The number of hydrogen-bond acceptors (Lipinski definition) is 4. The zero-order chi connectivity index (χ0) is 14.8. The minimum Gasteiger partial charge on any atom is -0.299 e. The molecule has 1 aliphatic rings. The first-order chi connectivity index (χ1) is 10.2. The zero-order valence-corrected chi connectivity index (χ0v) is 13.1. The van der Waals surface area contributed by atoms with Crippen molar-refractivity contribution in [2.75, 3.05) is 13.1 Å². The van der Waals surface area contributed by atoms with Gasteiger partial charge < -0.3 is 0 Å². The lowest BCUT2D eigenvalue weighted by molar-refractivity contribution is 0.0956. The Morgan fingerprint density at radius 1 is 1.43 bits per heavy atom. The lowest BCUT2D eigenvalue weighted by atomic mass is 10.1. The summed E-state index contributed by atoms with van der Waals surface area (Å²) in [5, 5.41) is 1.18. The van der Waals surface area contributed by atoms with Crippen molar-refractivity contribution in [2.45, 2.75) is 26.3 Å². The van der Waals surface area contributed by atoms with Crippen LogP contribution in [-0.4, -0.2) is 23.9 Å². The van der Waals surface area contributed by atoms with Gasteiger partial charge in [-0.1, -0.05) is 25.1 Å². The molecular weight excluding hydrogens is 282 g/mol. The molecule has 0 saturated heterocycles. The average Bonchev–Trinajstić information content (AvgIpc) is 3.26. The Bertz CT molecular complexity index is 648. The van der Waals surface area contributed by atoms with E-state index >= 15 is 0 Å². The number of rotatable bonds is 6. The summed E-state index contributed by atoms with van der Waals surface area (Å²) in [5.41, 5.74) is 3.39. The van der Waals surface area contributed by atoms with Gasteiger partial charge in [-0.25, -0.2) is 5.84 Å². The molecule has 4 nitrogen and oxygen atoms in total. The molecule has 3 N–H and O–H groups in total. The second kappa shape index (κ2) is 6.13. The number of nitrogens with one attached hydrogen (secondary N) is 1. The Kier molecular flexibility index (Phi) is 4.24. The lowest BCUT2D eigenvalue weighted by Crippen LogP contribution is -2.31. The second-order valence-corrected chi connectivity index (χ2v) is 6.70. The van der Waals surface area contributed by atoms with E-state index in [0.717, 1.165) is 40.7 Å². The predicted molar refractivity (Wildman–Crippen MR) is 87.2 cm³/mol. The summed E-state index contributed by atoms with van der Waals surface area (Å²) in [4.78, 5) is 15.2. The van der Waals surface area contributed by atoms with Gasteiger partial charge >= 0.3 is 0 Å². The van der Waals surface area contributed by atoms with E-state index in [1.54, 1.807) is 0 Å². The number of carbonyl (C=O) groups excluding carboxylic acids is 1. The first kappa shape index (κ1) is 14.5. The lowest BCUT2D eigenvalue weighted by Gasteiger charge is -2.20. The number of hydrazine groups is 1. The smallest absolute Gasteiger partial charge is 0.275 e. The summed E-state index contributed by atoms with van der Waals surface area (Å²) < 4.78 is 1.15. The molecule has 1 fully saturated rings. The second-order valence-electron chi connectivity index (χ2n) is 5.65. The van der Waals surface area contributed by atoms with Crippen molar-refractivity contribution < 1.29 is 4.79 Å². The van der Waals surface area contributed by atoms with Gasteiger partial charge in [-0.15, -0.1) is 11.3 Å². The summed E-state index contributed by atoms with van der Waals surface area (Å²) in [6, 6.07) is 8.20. The fraction of sp³-hybridized carbons (Fsp3) is 0.438. The number of nitrogen functional groups attached to an aromatic ring is 1. The van der Waals surface area contributed by atoms with Crippen LogP contribution in [0.4, 0.5) is 0 Å². The van der Waals surface area contributed by atoms with Crippen LogP contribution in [0.5, 0.6) is 0 Å². The highest BCUT2D eigenvalue weighted by atomic mass is 32.1. The van der Waals surface area contributed by atoms with E-state index in [1.807, 2.05) is 12.1 Å². The van der Waals surface area contributed by atoms with Crippen molar-refractivity contribution in [1.82, 2.24) is 10.3 Å². The fourth-order valence-corrected chi connectivity index (χ4v) is 3.82. The molecule has 1 aromatic carbocycles. The molecule has 3 rings (SSSR count). The van der Waals surface area contributed by atoms with Crippen LogP contribution in [0.2, 0.25) is 0 Å².